The second-order valence-corrected chi connectivity index (χ2v) is 13.1. The van der Waals surface area contributed by atoms with Crippen LogP contribution in [-0.4, -0.2) is 75.9 Å². The first-order chi connectivity index (χ1) is 21.7. The fourth-order valence-electron chi connectivity index (χ4n) is 5.18. The largest absolute Gasteiger partial charge is 0.388 e. The molecular formula is C32H44N5O7P. The molecule has 0 bridgehead atoms. The molecule has 2 aromatic carbocycles. The van der Waals surface area contributed by atoms with Crippen molar-refractivity contribution in [3.63, 3.8) is 0 Å². The first-order valence-corrected chi connectivity index (χ1v) is 17.6. The molecule has 0 saturated carbocycles. The number of nitrogens with one attached hydrogen (secondary N) is 1. The Morgan fingerprint density at radius 3 is 2.53 bits per heavy atom. The Hall–Kier alpha value is -3.41. The van der Waals surface area contributed by atoms with Crippen molar-refractivity contribution in [3.05, 3.63) is 54.1 Å². The van der Waals surface area contributed by atoms with Gasteiger partial charge in [-0.25, -0.2) is 4.68 Å². The van der Waals surface area contributed by atoms with Crippen LogP contribution in [0, 0.1) is 0 Å². The van der Waals surface area contributed by atoms with Gasteiger partial charge in [0.2, 0.25) is 11.8 Å². The summed E-state index contributed by atoms with van der Waals surface area (Å²) in [6.07, 6.45) is 3.33. The van der Waals surface area contributed by atoms with E-state index in [0.717, 1.165) is 59.8 Å². The Bertz CT molecular complexity index is 1470. The number of amides is 2. The molecule has 2 heterocycles. The molecule has 1 aliphatic rings. The van der Waals surface area contributed by atoms with E-state index >= 15 is 0 Å². The van der Waals surface area contributed by atoms with Gasteiger partial charge < -0.3 is 29.5 Å². The van der Waals surface area contributed by atoms with Gasteiger partial charge in [0, 0.05) is 50.3 Å². The SMILES string of the molecule is CCCCn1nnc2c1-c1ccccc1N(C(=O)CCCCC(=O)NCCCOCC(O)COP(C)(=O)O)Cc1ccccc1-2. The monoisotopic (exact) mass is 641 g/mol. The highest BCUT2D eigenvalue weighted by Crippen LogP contribution is 2.41. The number of hydrogen-bond donors (Lipinski definition) is 3. The van der Waals surface area contributed by atoms with Crippen LogP contribution in [0.2, 0.25) is 0 Å². The molecule has 1 aliphatic heterocycles. The maximum atomic E-state index is 13.7. The van der Waals surface area contributed by atoms with Gasteiger partial charge in [0.05, 0.1) is 31.1 Å². The van der Waals surface area contributed by atoms with Crippen LogP contribution in [0.25, 0.3) is 22.5 Å². The Morgan fingerprint density at radius 1 is 1.02 bits per heavy atom. The van der Waals surface area contributed by atoms with Crippen molar-refractivity contribution in [2.45, 2.75) is 71.1 Å². The van der Waals surface area contributed by atoms with Gasteiger partial charge in [0.25, 0.3) is 0 Å². The zero-order valence-corrected chi connectivity index (χ0v) is 27.0. The number of unbranched alkanes of at least 4 members (excludes halogenated alkanes) is 2. The van der Waals surface area contributed by atoms with Crippen LogP contribution in [0.15, 0.2) is 48.5 Å². The molecule has 3 aromatic rings. The standard InChI is InChI=1S/C32H44N5O7P/c1-3-4-19-37-32-27-14-7-8-15-28(27)36(21-24-12-5-6-13-26(24)31(32)34-35-37)30(40)17-10-9-16-29(39)33-18-11-20-43-22-25(38)23-44-45(2,41)42/h5-8,12-15,25,38H,3-4,9-11,16-23H2,1-2H3,(H,33,39)(H,41,42). The normalized spacial score (nSPS) is 14.4. The van der Waals surface area contributed by atoms with Crippen LogP contribution in [-0.2, 0) is 36.5 Å². The van der Waals surface area contributed by atoms with Crippen molar-refractivity contribution < 1.29 is 33.4 Å². The number of aliphatic hydroxyl groups excluding tert-OH is 1. The van der Waals surface area contributed by atoms with Crippen LogP contribution >= 0.6 is 7.60 Å². The van der Waals surface area contributed by atoms with Crippen LogP contribution in [0.5, 0.6) is 0 Å². The number of para-hydroxylation sites is 1. The first kappa shape index (κ1) is 34.5. The number of anilines is 1. The summed E-state index contributed by atoms with van der Waals surface area (Å²) in [5, 5.41) is 21.6. The van der Waals surface area contributed by atoms with E-state index in [0.29, 0.717) is 51.8 Å². The zero-order chi connectivity index (χ0) is 32.2. The summed E-state index contributed by atoms with van der Waals surface area (Å²) < 4.78 is 23.0. The zero-order valence-electron chi connectivity index (χ0n) is 26.1. The molecule has 0 fully saturated rings. The maximum Gasteiger partial charge on any atom is 0.325 e. The van der Waals surface area contributed by atoms with Crippen molar-refractivity contribution in [2.75, 3.05) is 37.9 Å². The third-order valence-electron chi connectivity index (χ3n) is 7.46. The summed E-state index contributed by atoms with van der Waals surface area (Å²) in [6.45, 7) is 4.76. The summed E-state index contributed by atoms with van der Waals surface area (Å²) in [7, 11) is -3.64. The van der Waals surface area contributed by atoms with E-state index < -0.39 is 13.7 Å². The van der Waals surface area contributed by atoms with Gasteiger partial charge in [0.15, 0.2) is 0 Å². The molecule has 2 unspecified atom stereocenters. The molecule has 3 N–H and O–H groups in total. The van der Waals surface area contributed by atoms with Crippen LogP contribution < -0.4 is 10.2 Å². The molecule has 13 heteroatoms. The van der Waals surface area contributed by atoms with Crippen molar-refractivity contribution in [1.82, 2.24) is 20.3 Å². The molecule has 2 atom stereocenters. The molecule has 45 heavy (non-hydrogen) atoms. The lowest BCUT2D eigenvalue weighted by atomic mass is 9.95. The number of aryl methyl sites for hydroxylation is 1. The number of nitrogens with zero attached hydrogens (tertiary/aromatic N) is 4. The highest BCUT2D eigenvalue weighted by molar-refractivity contribution is 7.51. The lowest BCUT2D eigenvalue weighted by molar-refractivity contribution is -0.122. The van der Waals surface area contributed by atoms with E-state index in [1.54, 1.807) is 0 Å². The molecule has 0 saturated heterocycles. The molecule has 4 rings (SSSR count). The minimum absolute atomic E-state index is 0.000767. The van der Waals surface area contributed by atoms with E-state index in [1.165, 1.54) is 0 Å². The van der Waals surface area contributed by atoms with Gasteiger partial charge in [-0.1, -0.05) is 61.0 Å². The maximum absolute atomic E-state index is 13.7. The highest BCUT2D eigenvalue weighted by atomic mass is 31.2. The van der Waals surface area contributed by atoms with E-state index in [1.807, 2.05) is 58.1 Å². The predicted octanol–water partition coefficient (Wildman–Crippen LogP) is 4.53. The molecule has 2 amide bonds. The Labute approximate surface area is 264 Å². The molecule has 0 aliphatic carbocycles. The van der Waals surface area contributed by atoms with Gasteiger partial charge in [-0.05, 0) is 37.3 Å². The first-order valence-electron chi connectivity index (χ1n) is 15.6. The number of ether oxygens (including phenoxy) is 1. The number of benzene rings is 2. The fourth-order valence-corrected chi connectivity index (χ4v) is 5.63. The molecule has 0 radical (unpaired) electrons. The Balaban J connectivity index is 1.28. The predicted molar refractivity (Wildman–Crippen MR) is 172 cm³/mol. The van der Waals surface area contributed by atoms with Gasteiger partial charge in [-0.2, -0.15) is 0 Å². The average Bonchev–Trinajstić information content (AvgIpc) is 3.43. The van der Waals surface area contributed by atoms with Gasteiger partial charge in [0.1, 0.15) is 11.8 Å². The average molecular weight is 642 g/mol. The molecule has 1 aromatic heterocycles. The molecule has 12 nitrogen and oxygen atoms in total. The summed E-state index contributed by atoms with van der Waals surface area (Å²) in [5.74, 6) is -0.0948. The van der Waals surface area contributed by atoms with E-state index in [-0.39, 0.29) is 25.0 Å². The lowest BCUT2D eigenvalue weighted by Crippen LogP contribution is -2.31. The quantitative estimate of drug-likeness (QED) is 0.142. The molecular weight excluding hydrogens is 597 g/mol. The molecule has 244 valence electrons. The highest BCUT2D eigenvalue weighted by Gasteiger charge is 2.28. The fraction of sp³-hybridized carbons (Fsp3) is 0.500. The van der Waals surface area contributed by atoms with Crippen LogP contribution in [0.1, 0.15) is 57.4 Å². The van der Waals surface area contributed by atoms with Crippen molar-refractivity contribution >= 4 is 25.1 Å². The third-order valence-corrected chi connectivity index (χ3v) is 8.09. The van der Waals surface area contributed by atoms with Crippen molar-refractivity contribution in [3.8, 4) is 22.5 Å². The smallest absolute Gasteiger partial charge is 0.325 e. The van der Waals surface area contributed by atoms with Crippen molar-refractivity contribution in [1.29, 1.82) is 0 Å². The second kappa shape index (κ2) is 16.8. The van der Waals surface area contributed by atoms with E-state index in [9.17, 15) is 19.3 Å². The minimum Gasteiger partial charge on any atom is -0.388 e. The Kier molecular flexibility index (Phi) is 12.8. The number of carbonyl (C=O) groups excluding carboxylic acids is 2. The number of carbonyl (C=O) groups is 2. The number of fused-ring (bicyclic) bond motifs is 5. The topological polar surface area (TPSA) is 156 Å². The number of aromatic nitrogens is 3. The van der Waals surface area contributed by atoms with Gasteiger partial charge >= 0.3 is 7.60 Å². The van der Waals surface area contributed by atoms with Crippen LogP contribution in [0.4, 0.5) is 5.69 Å². The summed E-state index contributed by atoms with van der Waals surface area (Å²) in [5.41, 5.74) is 5.50. The van der Waals surface area contributed by atoms with Gasteiger partial charge in [-0.3, -0.25) is 14.2 Å². The lowest BCUT2D eigenvalue weighted by Gasteiger charge is -2.29. The minimum atomic E-state index is -3.64. The van der Waals surface area contributed by atoms with E-state index in [2.05, 4.69) is 27.1 Å². The summed E-state index contributed by atoms with van der Waals surface area (Å²) in [6, 6.07) is 16.0. The molecule has 0 spiro atoms. The Morgan fingerprint density at radius 2 is 1.76 bits per heavy atom. The number of hydrogen-bond acceptors (Lipinski definition) is 8. The second-order valence-electron chi connectivity index (χ2n) is 11.3. The van der Waals surface area contributed by atoms with E-state index in [4.69, 9.17) is 9.63 Å². The van der Waals surface area contributed by atoms with Gasteiger partial charge in [-0.15, -0.1) is 5.10 Å². The van der Waals surface area contributed by atoms with Crippen LogP contribution in [0.3, 0.4) is 0 Å². The summed E-state index contributed by atoms with van der Waals surface area (Å²) >= 11 is 0. The van der Waals surface area contributed by atoms with Crippen molar-refractivity contribution in [2.24, 2.45) is 0 Å². The number of rotatable bonds is 17. The summed E-state index contributed by atoms with van der Waals surface area (Å²) in [4.78, 5) is 37.0. The third kappa shape index (κ3) is 10.0. The number of aliphatic hydroxyl groups is 1.